The Kier molecular flexibility index (Phi) is 2.52. The highest BCUT2D eigenvalue weighted by Gasteiger charge is 2.23. The quantitative estimate of drug-likeness (QED) is 0.312. The Hall–Kier alpha value is -3.12. The van der Waals surface area contributed by atoms with Crippen LogP contribution >= 0.6 is 0 Å². The highest BCUT2D eigenvalue weighted by molar-refractivity contribution is 6.14. The average Bonchev–Trinajstić information content (AvgIpc) is 3.10. The molecule has 0 saturated heterocycles. The number of hydrogen-bond acceptors (Lipinski definition) is 1. The van der Waals surface area contributed by atoms with Crippen LogP contribution in [-0.4, -0.2) is 0 Å². The van der Waals surface area contributed by atoms with Crippen molar-refractivity contribution in [2.24, 2.45) is 7.05 Å². The number of nitrogens with zero attached hydrogens (tertiary/aromatic N) is 2. The first kappa shape index (κ1) is 11.5. The van der Waals surface area contributed by atoms with E-state index in [9.17, 15) is 0 Å². The van der Waals surface area contributed by atoms with Gasteiger partial charge in [-0.05, 0) is 37.4 Å². The second-order valence-electron chi connectivity index (χ2n) is 6.55. The van der Waals surface area contributed by atoms with Crippen molar-refractivity contribution < 1.29 is 15.8 Å². The van der Waals surface area contributed by atoms with E-state index in [-0.39, 0.29) is 22.9 Å². The van der Waals surface area contributed by atoms with Crippen LogP contribution in [0, 0.1) is 34.2 Å². The van der Waals surface area contributed by atoms with Gasteiger partial charge < -0.3 is 4.42 Å². The number of aryl methyl sites for hydroxylation is 2. The Morgan fingerprint density at radius 3 is 2.58 bits per heavy atom. The molecule has 2 heterocycles. The minimum atomic E-state index is -2.37. The number of furan rings is 1. The molecular weight excluding hydrogens is 320 g/mol. The molecule has 0 saturated carbocycles. The first-order valence-electron chi connectivity index (χ1n) is 10.8. The zero-order chi connectivity index (χ0) is 22.8. The van der Waals surface area contributed by atoms with E-state index in [4.69, 9.17) is 17.8 Å². The van der Waals surface area contributed by atoms with Crippen LogP contribution in [0.25, 0.3) is 38.0 Å². The van der Waals surface area contributed by atoms with E-state index in [0.717, 1.165) is 5.56 Å². The maximum absolute atomic E-state index is 8.72. The van der Waals surface area contributed by atoms with Crippen molar-refractivity contribution in [3.63, 3.8) is 0 Å². The number of benzene rings is 2. The summed E-state index contributed by atoms with van der Waals surface area (Å²) in [7, 11) is 1.81. The van der Waals surface area contributed by atoms with Crippen molar-refractivity contribution in [2.45, 2.75) is 27.6 Å². The van der Waals surface area contributed by atoms with E-state index in [1.165, 1.54) is 12.1 Å². The van der Waals surface area contributed by atoms with Gasteiger partial charge >= 0.3 is 0 Å². The number of pyridine rings is 1. The topological polar surface area (TPSA) is 21.4 Å². The van der Waals surface area contributed by atoms with Crippen LogP contribution in [0.3, 0.4) is 0 Å². The molecule has 0 aliphatic rings. The molecule has 3 heteroatoms. The fourth-order valence-corrected chi connectivity index (χ4v) is 3.46. The van der Waals surface area contributed by atoms with Gasteiger partial charge in [0.05, 0.1) is 14.9 Å². The Balaban J connectivity index is 2.26. The highest BCUT2D eigenvalue weighted by Crippen LogP contribution is 2.41. The van der Waals surface area contributed by atoms with Crippen molar-refractivity contribution in [1.29, 1.82) is 0 Å². The molecule has 128 valence electrons. The molecule has 0 fully saturated rings. The largest absolute Gasteiger partial charge is 0.466 e. The first-order valence-corrected chi connectivity index (χ1v) is 8.32. The lowest BCUT2D eigenvalue weighted by atomic mass is 9.98. The van der Waals surface area contributed by atoms with Crippen LogP contribution in [-0.2, 0) is 7.05 Å². The third kappa shape index (κ3) is 2.23. The molecule has 0 aliphatic heterocycles. The van der Waals surface area contributed by atoms with Gasteiger partial charge in [0.15, 0.2) is 5.69 Å². The second-order valence-corrected chi connectivity index (χ2v) is 6.55. The van der Waals surface area contributed by atoms with Gasteiger partial charge in [-0.1, -0.05) is 24.3 Å². The second kappa shape index (κ2) is 5.71. The Bertz CT molecular complexity index is 1410. The molecule has 26 heavy (non-hydrogen) atoms. The number of fused-ring (bicyclic) bond motifs is 3. The molecule has 0 N–H and O–H groups in total. The Morgan fingerprint density at radius 1 is 1.08 bits per heavy atom. The van der Waals surface area contributed by atoms with E-state index < -0.39 is 6.85 Å². The van der Waals surface area contributed by atoms with Crippen molar-refractivity contribution in [2.75, 3.05) is 0 Å². The molecule has 2 aromatic carbocycles. The Morgan fingerprint density at radius 2 is 1.85 bits per heavy atom. The SMILES string of the molecule is [2H]c1c(C)c([2H])c(-c2c(C)ccc3c2oc2c([N+]#[C-])ccc(C([2H])([2H])[2H])c23)[n+](C)c1C. The first-order chi connectivity index (χ1) is 14.5. The van der Waals surface area contributed by atoms with E-state index in [0.29, 0.717) is 44.9 Å². The van der Waals surface area contributed by atoms with Gasteiger partial charge in [0, 0.05) is 33.9 Å². The minimum absolute atomic E-state index is 0.132. The summed E-state index contributed by atoms with van der Waals surface area (Å²) in [6.45, 7) is 10.6. The maximum atomic E-state index is 8.72. The summed E-state index contributed by atoms with van der Waals surface area (Å²) >= 11 is 0. The fourth-order valence-electron chi connectivity index (χ4n) is 3.46. The lowest BCUT2D eigenvalue weighted by Crippen LogP contribution is -2.35. The van der Waals surface area contributed by atoms with E-state index >= 15 is 0 Å². The molecule has 2 aromatic heterocycles. The third-order valence-electron chi connectivity index (χ3n) is 4.85. The van der Waals surface area contributed by atoms with E-state index in [1.54, 1.807) is 18.5 Å². The van der Waals surface area contributed by atoms with Crippen LogP contribution in [0.15, 0.2) is 40.8 Å². The summed E-state index contributed by atoms with van der Waals surface area (Å²) in [5.74, 6) is 0. The van der Waals surface area contributed by atoms with Crippen molar-refractivity contribution >= 4 is 27.6 Å². The molecule has 0 unspecified atom stereocenters. The number of aromatic nitrogens is 1. The average molecular weight is 346 g/mol. The zero-order valence-corrected chi connectivity index (χ0v) is 15.1. The van der Waals surface area contributed by atoms with Gasteiger partial charge in [-0.15, -0.1) is 0 Å². The van der Waals surface area contributed by atoms with Gasteiger partial charge in [0.2, 0.25) is 11.4 Å². The van der Waals surface area contributed by atoms with Crippen LogP contribution in [0.2, 0.25) is 0 Å². The molecule has 0 spiro atoms. The summed E-state index contributed by atoms with van der Waals surface area (Å²) in [6.07, 6.45) is 0. The summed E-state index contributed by atoms with van der Waals surface area (Å²) in [4.78, 5) is 3.52. The lowest BCUT2D eigenvalue weighted by Gasteiger charge is -2.08. The Labute approximate surface area is 160 Å². The monoisotopic (exact) mass is 346 g/mol. The number of hydrogen-bond donors (Lipinski definition) is 0. The van der Waals surface area contributed by atoms with Crippen molar-refractivity contribution in [1.82, 2.24) is 0 Å². The third-order valence-corrected chi connectivity index (χ3v) is 4.85. The molecule has 0 aliphatic carbocycles. The molecule has 0 radical (unpaired) electrons. The predicted molar refractivity (Wildman–Crippen MR) is 106 cm³/mol. The van der Waals surface area contributed by atoms with Crippen LogP contribution in [0.4, 0.5) is 5.69 Å². The molecular formula is C23H21N2O+. The summed E-state index contributed by atoms with van der Waals surface area (Å²) in [6, 6.07) is 7.16. The van der Waals surface area contributed by atoms with Gasteiger partial charge in [-0.3, -0.25) is 0 Å². The van der Waals surface area contributed by atoms with Crippen LogP contribution in [0.5, 0.6) is 0 Å². The van der Waals surface area contributed by atoms with E-state index in [1.807, 2.05) is 26.0 Å². The lowest BCUT2D eigenvalue weighted by molar-refractivity contribution is -0.666. The summed E-state index contributed by atoms with van der Waals surface area (Å²) in [5.41, 5.74) is 4.44. The zero-order valence-electron chi connectivity index (χ0n) is 20.1. The standard InChI is InChI=1S/C23H21N2O/c1-13-11-16(4)25(6)19(12-13)21-15(3)7-9-17-20-14(2)8-10-18(24-5)23(20)26-22(17)21/h7-12H,1-4,6H3/q+1/i2D3,11D,12D. The molecule has 4 rings (SSSR count). The van der Waals surface area contributed by atoms with Crippen LogP contribution < -0.4 is 4.57 Å². The van der Waals surface area contributed by atoms with Crippen molar-refractivity contribution in [3.05, 3.63) is 70.2 Å². The highest BCUT2D eigenvalue weighted by atomic mass is 16.3. The normalized spacial score (nSPS) is 14.5. The molecule has 3 nitrogen and oxygen atoms in total. The molecule has 0 atom stereocenters. The summed E-state index contributed by atoms with van der Waals surface area (Å²) < 4.78 is 48.9. The molecule has 0 amide bonds. The summed E-state index contributed by atoms with van der Waals surface area (Å²) in [5, 5.41) is 1.00. The predicted octanol–water partition coefficient (Wildman–Crippen LogP) is 5.86. The van der Waals surface area contributed by atoms with Gasteiger partial charge in [-0.25, -0.2) is 4.85 Å². The molecule has 0 bridgehead atoms. The smallest absolute Gasteiger partial charge is 0.229 e. The van der Waals surface area contributed by atoms with Gasteiger partial charge in [-0.2, -0.15) is 4.57 Å². The van der Waals surface area contributed by atoms with Gasteiger partial charge in [0.1, 0.15) is 18.2 Å². The minimum Gasteiger partial charge on any atom is -0.466 e. The fraction of sp³-hybridized carbons (Fsp3) is 0.217. The van der Waals surface area contributed by atoms with E-state index in [2.05, 4.69) is 4.85 Å². The van der Waals surface area contributed by atoms with Crippen LogP contribution in [0.1, 0.15) is 29.2 Å². The van der Waals surface area contributed by atoms with Crippen molar-refractivity contribution in [3.8, 4) is 11.3 Å². The number of rotatable bonds is 1. The maximum Gasteiger partial charge on any atom is 0.229 e. The van der Waals surface area contributed by atoms with Gasteiger partial charge in [0.25, 0.3) is 0 Å². The molecule has 4 aromatic rings.